The van der Waals surface area contributed by atoms with Crippen molar-refractivity contribution in [1.82, 2.24) is 5.43 Å². The Balaban J connectivity index is 1.32. The van der Waals surface area contributed by atoms with Crippen LogP contribution in [0.3, 0.4) is 0 Å². The molecule has 2 aromatic carbocycles. The predicted octanol–water partition coefficient (Wildman–Crippen LogP) is 5.72. The van der Waals surface area contributed by atoms with Gasteiger partial charge in [-0.05, 0) is 68.1 Å². The van der Waals surface area contributed by atoms with Crippen LogP contribution in [0.25, 0.3) is 11.1 Å². The summed E-state index contributed by atoms with van der Waals surface area (Å²) in [6.45, 7) is 3.50. The van der Waals surface area contributed by atoms with Gasteiger partial charge in [-0.3, -0.25) is 4.79 Å². The Kier molecular flexibility index (Phi) is 6.43. The number of hydrogen-bond donors (Lipinski definition) is 1. The molecule has 0 atom stereocenters. The number of carbonyl (C=O) groups excluding carboxylic acids is 2. The highest BCUT2D eigenvalue weighted by Crippen LogP contribution is 2.31. The molecule has 8 heteroatoms. The van der Waals surface area contributed by atoms with Crippen molar-refractivity contribution in [3.63, 3.8) is 0 Å². The first-order valence-electron chi connectivity index (χ1n) is 11.8. The van der Waals surface area contributed by atoms with Gasteiger partial charge in [-0.1, -0.05) is 24.3 Å². The van der Waals surface area contributed by atoms with E-state index in [0.717, 1.165) is 23.1 Å². The van der Waals surface area contributed by atoms with Crippen molar-refractivity contribution >= 4 is 17.6 Å². The molecule has 0 radical (unpaired) electrons. The van der Waals surface area contributed by atoms with E-state index in [9.17, 15) is 9.59 Å². The lowest BCUT2D eigenvalue weighted by molar-refractivity contribution is 0.0698. The zero-order valence-corrected chi connectivity index (χ0v) is 20.3. The largest absolute Gasteiger partial charge is 0.469 e. The monoisotopic (exact) mass is 493 g/mol. The first-order valence-corrected chi connectivity index (χ1v) is 11.8. The third kappa shape index (κ3) is 4.80. The molecule has 0 unspecified atom stereocenters. The van der Waals surface area contributed by atoms with Crippen LogP contribution < -0.4 is 10.2 Å². The molecule has 0 bridgehead atoms. The number of amides is 1. The Morgan fingerprint density at radius 2 is 1.70 bits per heavy atom. The van der Waals surface area contributed by atoms with Gasteiger partial charge in [0.15, 0.2) is 0 Å². The van der Waals surface area contributed by atoms with Crippen LogP contribution in [-0.2, 0) is 6.42 Å². The van der Waals surface area contributed by atoms with Crippen LogP contribution in [0, 0.1) is 25.2 Å². The summed E-state index contributed by atoms with van der Waals surface area (Å²) in [5.74, 6) is 0.697. The van der Waals surface area contributed by atoms with Crippen LogP contribution in [0.4, 0.5) is 0 Å². The zero-order valence-electron chi connectivity index (χ0n) is 20.3. The van der Waals surface area contributed by atoms with Crippen LogP contribution in [-0.4, -0.2) is 17.6 Å². The third-order valence-corrected chi connectivity index (χ3v) is 6.32. The molecule has 0 spiro atoms. The minimum absolute atomic E-state index is 0.118. The molecular weight excluding hydrogens is 470 g/mol. The van der Waals surface area contributed by atoms with Crippen molar-refractivity contribution in [2.45, 2.75) is 33.1 Å². The first kappa shape index (κ1) is 23.8. The summed E-state index contributed by atoms with van der Waals surface area (Å²) in [4.78, 5) is 25.4. The van der Waals surface area contributed by atoms with Gasteiger partial charge in [0.25, 0.3) is 5.91 Å². The molecular formula is C29H23N3O5. The molecule has 37 heavy (non-hydrogen) atoms. The molecule has 0 aliphatic heterocycles. The second kappa shape index (κ2) is 9.99. The van der Waals surface area contributed by atoms with Gasteiger partial charge in [-0.15, -0.1) is 0 Å². The minimum atomic E-state index is -0.601. The Hall–Kier alpha value is -4.90. The minimum Gasteiger partial charge on any atom is -0.469 e. The van der Waals surface area contributed by atoms with Gasteiger partial charge in [-0.25, -0.2) is 10.2 Å². The normalized spacial score (nSPS) is 13.6. The van der Waals surface area contributed by atoms with Crippen molar-refractivity contribution in [3.05, 3.63) is 100 Å². The number of benzene rings is 2. The average molecular weight is 494 g/mol. The molecule has 0 saturated heterocycles. The molecule has 1 amide bonds. The molecule has 2 aromatic heterocycles. The number of fused-ring (bicyclic) bond motifs is 1. The zero-order chi connectivity index (χ0) is 25.9. The summed E-state index contributed by atoms with van der Waals surface area (Å²) >= 11 is 0. The van der Waals surface area contributed by atoms with Gasteiger partial charge in [-0.2, -0.15) is 10.4 Å². The van der Waals surface area contributed by atoms with E-state index in [2.05, 4.69) is 16.6 Å². The molecule has 1 N–H and O–H groups in total. The molecule has 8 nitrogen and oxygen atoms in total. The molecule has 4 aromatic rings. The lowest BCUT2D eigenvalue weighted by Gasteiger charge is -2.13. The maximum atomic E-state index is 13.0. The van der Waals surface area contributed by atoms with Crippen molar-refractivity contribution in [3.8, 4) is 22.9 Å². The van der Waals surface area contributed by atoms with E-state index in [4.69, 9.17) is 18.8 Å². The number of nitrogens with one attached hydrogen (secondary N) is 1. The quantitative estimate of drug-likeness (QED) is 0.216. The highest BCUT2D eigenvalue weighted by atomic mass is 16.5. The summed E-state index contributed by atoms with van der Waals surface area (Å²) in [6, 6.07) is 18.1. The fraction of sp³-hybridized carbons (Fsp3) is 0.172. The Morgan fingerprint density at radius 3 is 2.35 bits per heavy atom. The summed E-state index contributed by atoms with van der Waals surface area (Å²) in [5, 5.41) is 13.3. The van der Waals surface area contributed by atoms with Gasteiger partial charge < -0.3 is 13.6 Å². The van der Waals surface area contributed by atoms with Crippen LogP contribution in [0.15, 0.2) is 74.8 Å². The second-order valence-electron chi connectivity index (χ2n) is 8.70. The van der Waals surface area contributed by atoms with Crippen LogP contribution >= 0.6 is 0 Å². The van der Waals surface area contributed by atoms with Crippen molar-refractivity contribution in [1.29, 1.82) is 5.26 Å². The SMILES string of the molecule is Cc1occc1C(=O)N/N=C1\CCCc2oc(C(=O)Oc3ccc(-c4ccc(C#N)cc4)cc3)c(C)c21. The van der Waals surface area contributed by atoms with E-state index in [-0.39, 0.29) is 11.7 Å². The van der Waals surface area contributed by atoms with E-state index in [1.807, 2.05) is 24.3 Å². The van der Waals surface area contributed by atoms with E-state index in [0.29, 0.717) is 52.5 Å². The Bertz CT molecular complexity index is 1550. The number of rotatable bonds is 5. The number of nitriles is 1. The topological polar surface area (TPSA) is 118 Å². The number of ether oxygens (including phenoxy) is 1. The number of nitrogens with zero attached hydrogens (tertiary/aromatic N) is 2. The van der Waals surface area contributed by atoms with Gasteiger partial charge in [0.2, 0.25) is 5.76 Å². The van der Waals surface area contributed by atoms with Crippen LogP contribution in [0.2, 0.25) is 0 Å². The molecule has 184 valence electrons. The Morgan fingerprint density at radius 1 is 1.00 bits per heavy atom. The number of furan rings is 2. The van der Waals surface area contributed by atoms with Crippen molar-refractivity contribution in [2.75, 3.05) is 0 Å². The smallest absolute Gasteiger partial charge is 0.379 e. The molecule has 5 rings (SSSR count). The maximum absolute atomic E-state index is 13.0. The molecule has 1 aliphatic rings. The van der Waals surface area contributed by atoms with Crippen molar-refractivity contribution < 1.29 is 23.2 Å². The standard InChI is InChI=1S/C29H23N3O5/c1-17-26-24(31-32-28(33)23-14-15-35-18(23)2)4-3-5-25(26)37-27(17)29(34)36-22-12-10-21(11-13-22)20-8-6-19(16-30)7-9-20/h6-15H,3-5H2,1-2H3,(H,32,33)/b31-24+. The molecule has 2 heterocycles. The van der Waals surface area contributed by atoms with Crippen molar-refractivity contribution in [2.24, 2.45) is 5.10 Å². The molecule has 0 saturated carbocycles. The highest BCUT2D eigenvalue weighted by molar-refractivity contribution is 6.06. The summed E-state index contributed by atoms with van der Waals surface area (Å²) in [7, 11) is 0. The Labute approximate surface area is 213 Å². The average Bonchev–Trinajstić information content (AvgIpc) is 3.51. The van der Waals surface area contributed by atoms with Gasteiger partial charge in [0.1, 0.15) is 17.3 Å². The summed E-state index contributed by atoms with van der Waals surface area (Å²) in [5.41, 5.74) is 7.49. The van der Waals surface area contributed by atoms with Crippen LogP contribution in [0.1, 0.15) is 62.0 Å². The summed E-state index contributed by atoms with van der Waals surface area (Å²) in [6.07, 6.45) is 3.54. The third-order valence-electron chi connectivity index (χ3n) is 6.32. The number of esters is 1. The molecule has 0 fully saturated rings. The molecule has 1 aliphatic carbocycles. The first-order chi connectivity index (χ1) is 17.9. The lowest BCUT2D eigenvalue weighted by Crippen LogP contribution is -2.22. The van der Waals surface area contributed by atoms with E-state index >= 15 is 0 Å². The summed E-state index contributed by atoms with van der Waals surface area (Å²) < 4.78 is 16.7. The van der Waals surface area contributed by atoms with Gasteiger partial charge in [0.05, 0.1) is 29.2 Å². The number of aryl methyl sites for hydroxylation is 2. The van der Waals surface area contributed by atoms with Gasteiger partial charge >= 0.3 is 5.97 Å². The second-order valence-corrected chi connectivity index (χ2v) is 8.70. The number of hydrogen-bond acceptors (Lipinski definition) is 7. The number of carbonyl (C=O) groups is 2. The van der Waals surface area contributed by atoms with Crippen LogP contribution in [0.5, 0.6) is 5.75 Å². The fourth-order valence-electron chi connectivity index (χ4n) is 4.38. The number of hydrazone groups is 1. The van der Waals surface area contributed by atoms with E-state index in [1.165, 1.54) is 6.26 Å². The lowest BCUT2D eigenvalue weighted by atomic mass is 9.93. The van der Waals surface area contributed by atoms with E-state index in [1.54, 1.807) is 44.2 Å². The van der Waals surface area contributed by atoms with E-state index < -0.39 is 5.97 Å². The van der Waals surface area contributed by atoms with Gasteiger partial charge in [0, 0.05) is 17.5 Å². The highest BCUT2D eigenvalue weighted by Gasteiger charge is 2.29. The predicted molar refractivity (Wildman–Crippen MR) is 135 cm³/mol. The maximum Gasteiger partial charge on any atom is 0.379 e. The fourth-order valence-corrected chi connectivity index (χ4v) is 4.38.